The molecular formula is C13H20N2O4S. The largest absolute Gasteiger partial charge is 0.469 e. The number of hydrogen-bond acceptors (Lipinski definition) is 6. The van der Waals surface area contributed by atoms with Crippen LogP contribution in [0.2, 0.25) is 0 Å². The lowest BCUT2D eigenvalue weighted by Gasteiger charge is -2.02. The zero-order valence-corrected chi connectivity index (χ0v) is 12.6. The van der Waals surface area contributed by atoms with E-state index in [0.29, 0.717) is 31.0 Å². The topological polar surface area (TPSA) is 77.5 Å². The molecule has 0 aliphatic rings. The van der Waals surface area contributed by atoms with Gasteiger partial charge in [-0.2, -0.15) is 0 Å². The summed E-state index contributed by atoms with van der Waals surface area (Å²) in [5, 5.41) is 5.12. The molecule has 0 aliphatic carbocycles. The monoisotopic (exact) mass is 300 g/mol. The number of carbonyl (C=O) groups is 2. The summed E-state index contributed by atoms with van der Waals surface area (Å²) in [5.41, 5.74) is 0.865. The van der Waals surface area contributed by atoms with Gasteiger partial charge in [0, 0.05) is 18.4 Å². The Hall–Kier alpha value is -1.47. The summed E-state index contributed by atoms with van der Waals surface area (Å²) in [7, 11) is 1.37. The number of nitrogens with one attached hydrogen (secondary N) is 1. The van der Waals surface area contributed by atoms with Crippen molar-refractivity contribution in [2.75, 3.05) is 25.6 Å². The molecule has 0 aromatic carbocycles. The van der Waals surface area contributed by atoms with Crippen LogP contribution in [0.5, 0.6) is 0 Å². The molecule has 6 nitrogen and oxygen atoms in total. The Kier molecular flexibility index (Phi) is 7.82. The lowest BCUT2D eigenvalue weighted by atomic mass is 10.2. The molecular weight excluding hydrogens is 280 g/mol. The maximum atomic E-state index is 11.5. The molecule has 112 valence electrons. The van der Waals surface area contributed by atoms with Crippen molar-refractivity contribution >= 4 is 28.3 Å². The number of aromatic nitrogens is 1. The highest BCUT2D eigenvalue weighted by atomic mass is 32.1. The number of amides is 1. The van der Waals surface area contributed by atoms with Crippen molar-refractivity contribution in [3.63, 3.8) is 0 Å². The van der Waals surface area contributed by atoms with Gasteiger partial charge < -0.3 is 9.47 Å². The van der Waals surface area contributed by atoms with Gasteiger partial charge in [0.15, 0.2) is 5.13 Å². The van der Waals surface area contributed by atoms with E-state index in [0.717, 1.165) is 12.1 Å². The van der Waals surface area contributed by atoms with E-state index in [1.165, 1.54) is 18.4 Å². The SMILES string of the molecule is CCCOCC(=O)Nc1nc(CCCC(=O)OC)cs1. The van der Waals surface area contributed by atoms with Crippen LogP contribution in [0.1, 0.15) is 31.9 Å². The second-order valence-electron chi connectivity index (χ2n) is 4.17. The van der Waals surface area contributed by atoms with Gasteiger partial charge in [0.1, 0.15) is 6.61 Å². The molecule has 0 spiro atoms. The Labute approximate surface area is 122 Å². The zero-order valence-electron chi connectivity index (χ0n) is 11.8. The molecule has 1 amide bonds. The van der Waals surface area contributed by atoms with E-state index >= 15 is 0 Å². The molecule has 0 aliphatic heterocycles. The van der Waals surface area contributed by atoms with E-state index in [4.69, 9.17) is 4.74 Å². The van der Waals surface area contributed by atoms with Crippen LogP contribution >= 0.6 is 11.3 Å². The van der Waals surface area contributed by atoms with Crippen molar-refractivity contribution in [1.82, 2.24) is 4.98 Å². The molecule has 20 heavy (non-hydrogen) atoms. The number of aryl methyl sites for hydroxylation is 1. The van der Waals surface area contributed by atoms with E-state index in [9.17, 15) is 9.59 Å². The molecule has 1 heterocycles. The van der Waals surface area contributed by atoms with E-state index in [-0.39, 0.29) is 18.5 Å². The molecule has 1 aromatic rings. The van der Waals surface area contributed by atoms with Gasteiger partial charge in [0.2, 0.25) is 0 Å². The highest BCUT2D eigenvalue weighted by molar-refractivity contribution is 7.13. The number of anilines is 1. The normalized spacial score (nSPS) is 10.3. The predicted molar refractivity (Wildman–Crippen MR) is 76.8 cm³/mol. The molecule has 1 aromatic heterocycles. The molecule has 1 rings (SSSR count). The number of nitrogens with zero attached hydrogens (tertiary/aromatic N) is 1. The van der Waals surface area contributed by atoms with E-state index < -0.39 is 0 Å². The second kappa shape index (κ2) is 9.44. The molecule has 0 saturated carbocycles. The minimum Gasteiger partial charge on any atom is -0.469 e. The van der Waals surface area contributed by atoms with Crippen LogP contribution in [-0.4, -0.2) is 37.2 Å². The third-order valence-corrected chi connectivity index (χ3v) is 3.23. The van der Waals surface area contributed by atoms with Gasteiger partial charge in [-0.25, -0.2) is 4.98 Å². The molecule has 0 bridgehead atoms. The molecule has 1 N–H and O–H groups in total. The molecule has 0 unspecified atom stereocenters. The van der Waals surface area contributed by atoms with Crippen LogP contribution in [0.15, 0.2) is 5.38 Å². The minimum absolute atomic E-state index is 0.0467. The van der Waals surface area contributed by atoms with Crippen LogP contribution in [0.25, 0.3) is 0 Å². The van der Waals surface area contributed by atoms with E-state index in [1.54, 1.807) is 0 Å². The first kappa shape index (κ1) is 16.6. The van der Waals surface area contributed by atoms with Gasteiger partial charge in [0.25, 0.3) is 5.91 Å². The Morgan fingerprint density at radius 2 is 2.25 bits per heavy atom. The van der Waals surface area contributed by atoms with E-state index in [2.05, 4.69) is 15.0 Å². The van der Waals surface area contributed by atoms with Gasteiger partial charge in [-0.05, 0) is 19.3 Å². The van der Waals surface area contributed by atoms with Gasteiger partial charge in [-0.15, -0.1) is 11.3 Å². The summed E-state index contributed by atoms with van der Waals surface area (Å²) in [4.78, 5) is 26.8. The number of rotatable bonds is 9. The Balaban J connectivity index is 2.28. The average molecular weight is 300 g/mol. The molecule has 0 atom stereocenters. The summed E-state index contributed by atoms with van der Waals surface area (Å²) in [6, 6.07) is 0. The third kappa shape index (κ3) is 6.63. The Bertz CT molecular complexity index is 434. The predicted octanol–water partition coefficient (Wildman–Crippen LogP) is 2.00. The summed E-state index contributed by atoms with van der Waals surface area (Å²) in [5.74, 6) is -0.421. The van der Waals surface area contributed by atoms with Crippen molar-refractivity contribution in [2.45, 2.75) is 32.6 Å². The van der Waals surface area contributed by atoms with Gasteiger partial charge in [-0.1, -0.05) is 6.92 Å². The second-order valence-corrected chi connectivity index (χ2v) is 5.03. The summed E-state index contributed by atoms with van der Waals surface area (Å²) in [6.45, 7) is 2.61. The number of ether oxygens (including phenoxy) is 2. The fraction of sp³-hybridized carbons (Fsp3) is 0.615. The van der Waals surface area contributed by atoms with Gasteiger partial charge in [-0.3, -0.25) is 14.9 Å². The highest BCUT2D eigenvalue weighted by Crippen LogP contribution is 2.17. The number of carbonyl (C=O) groups excluding carboxylic acids is 2. The molecule has 0 saturated heterocycles. The maximum absolute atomic E-state index is 11.5. The average Bonchev–Trinajstić information content (AvgIpc) is 2.86. The molecule has 0 radical (unpaired) electrons. The minimum atomic E-state index is -0.221. The van der Waals surface area contributed by atoms with Gasteiger partial charge >= 0.3 is 5.97 Å². The summed E-state index contributed by atoms with van der Waals surface area (Å²) < 4.78 is 9.71. The summed E-state index contributed by atoms with van der Waals surface area (Å²) in [6.07, 6.45) is 2.63. The van der Waals surface area contributed by atoms with Crippen molar-refractivity contribution in [3.05, 3.63) is 11.1 Å². The number of esters is 1. The fourth-order valence-corrected chi connectivity index (χ4v) is 2.22. The third-order valence-electron chi connectivity index (χ3n) is 2.42. The smallest absolute Gasteiger partial charge is 0.305 e. The van der Waals surface area contributed by atoms with Crippen LogP contribution in [0, 0.1) is 0 Å². The standard InChI is InChI=1S/C13H20N2O4S/c1-3-7-19-8-11(16)15-13-14-10(9-20-13)5-4-6-12(17)18-2/h9H,3-8H2,1-2H3,(H,14,15,16). The fourth-order valence-electron chi connectivity index (χ4n) is 1.46. The zero-order chi connectivity index (χ0) is 14.8. The van der Waals surface area contributed by atoms with Crippen LogP contribution in [0.3, 0.4) is 0 Å². The maximum Gasteiger partial charge on any atom is 0.305 e. The first-order chi connectivity index (χ1) is 9.65. The van der Waals surface area contributed by atoms with Crippen molar-refractivity contribution in [1.29, 1.82) is 0 Å². The van der Waals surface area contributed by atoms with Crippen molar-refractivity contribution < 1.29 is 19.1 Å². The van der Waals surface area contributed by atoms with Gasteiger partial charge in [0.05, 0.1) is 12.8 Å². The van der Waals surface area contributed by atoms with Crippen LogP contribution in [-0.2, 0) is 25.5 Å². The number of hydrogen-bond donors (Lipinski definition) is 1. The lowest BCUT2D eigenvalue weighted by Crippen LogP contribution is -2.18. The highest BCUT2D eigenvalue weighted by Gasteiger charge is 2.07. The number of methoxy groups -OCH3 is 1. The molecule has 0 fully saturated rings. The first-order valence-electron chi connectivity index (χ1n) is 6.54. The lowest BCUT2D eigenvalue weighted by molar-refractivity contribution is -0.140. The Morgan fingerprint density at radius 1 is 1.45 bits per heavy atom. The van der Waals surface area contributed by atoms with Crippen LogP contribution < -0.4 is 5.32 Å². The Morgan fingerprint density at radius 3 is 2.95 bits per heavy atom. The van der Waals surface area contributed by atoms with Crippen molar-refractivity contribution in [3.8, 4) is 0 Å². The molecule has 7 heteroatoms. The van der Waals surface area contributed by atoms with E-state index in [1.807, 2.05) is 12.3 Å². The first-order valence-corrected chi connectivity index (χ1v) is 7.42. The summed E-state index contributed by atoms with van der Waals surface area (Å²) >= 11 is 1.37. The quantitative estimate of drug-likeness (QED) is 0.557. The van der Waals surface area contributed by atoms with Crippen molar-refractivity contribution in [2.24, 2.45) is 0 Å². The number of thiazole rings is 1. The van der Waals surface area contributed by atoms with Crippen LogP contribution in [0.4, 0.5) is 5.13 Å².